The smallest absolute Gasteiger partial charge is 0.276 e. The van der Waals surface area contributed by atoms with Crippen molar-refractivity contribution in [3.05, 3.63) is 48.8 Å². The van der Waals surface area contributed by atoms with Crippen LogP contribution in [-0.2, 0) is 0 Å². The van der Waals surface area contributed by atoms with Crippen molar-refractivity contribution < 1.29 is 4.79 Å². The highest BCUT2D eigenvalue weighted by Gasteiger charge is 2.13. The van der Waals surface area contributed by atoms with E-state index in [1.165, 1.54) is 17.4 Å². The van der Waals surface area contributed by atoms with Crippen LogP contribution in [0.15, 0.2) is 43.1 Å². The second-order valence-corrected chi connectivity index (χ2v) is 3.17. The first-order valence-electron chi connectivity index (χ1n) is 4.73. The predicted octanol–water partition coefficient (Wildman–Crippen LogP) is 1.15. The zero-order valence-corrected chi connectivity index (χ0v) is 8.74. The Balaban J connectivity index is 2.24. The van der Waals surface area contributed by atoms with Gasteiger partial charge in [0, 0.05) is 19.4 Å². The van der Waals surface area contributed by atoms with Gasteiger partial charge < -0.3 is 4.90 Å². The molecule has 5 heteroatoms. The molecule has 0 saturated carbocycles. The fraction of sp³-hybridized carbons (Fsp3) is 0.0909. The number of aromatic nitrogens is 3. The summed E-state index contributed by atoms with van der Waals surface area (Å²) < 4.78 is 0. The van der Waals surface area contributed by atoms with Gasteiger partial charge in [-0.2, -0.15) is 0 Å². The van der Waals surface area contributed by atoms with Crippen LogP contribution in [0.25, 0.3) is 0 Å². The molecule has 0 unspecified atom stereocenters. The number of amides is 1. The molecule has 0 bridgehead atoms. The van der Waals surface area contributed by atoms with Gasteiger partial charge in [0.1, 0.15) is 12.0 Å². The summed E-state index contributed by atoms with van der Waals surface area (Å²) in [6.45, 7) is 0. The van der Waals surface area contributed by atoms with Crippen LogP contribution in [0.2, 0.25) is 0 Å². The van der Waals surface area contributed by atoms with Gasteiger partial charge >= 0.3 is 0 Å². The molecule has 80 valence electrons. The van der Waals surface area contributed by atoms with Gasteiger partial charge in [0.25, 0.3) is 5.91 Å². The second kappa shape index (κ2) is 4.48. The molecule has 2 rings (SSSR count). The molecule has 2 aromatic heterocycles. The van der Waals surface area contributed by atoms with Crippen LogP contribution < -0.4 is 4.90 Å². The lowest BCUT2D eigenvalue weighted by Gasteiger charge is -2.15. The van der Waals surface area contributed by atoms with Gasteiger partial charge in [-0.3, -0.25) is 9.78 Å². The van der Waals surface area contributed by atoms with E-state index >= 15 is 0 Å². The van der Waals surface area contributed by atoms with Crippen LogP contribution in [0, 0.1) is 0 Å². The molecule has 2 aromatic rings. The van der Waals surface area contributed by atoms with Crippen molar-refractivity contribution in [2.45, 2.75) is 0 Å². The minimum atomic E-state index is -0.185. The molecule has 0 spiro atoms. The molecule has 0 aliphatic heterocycles. The van der Waals surface area contributed by atoms with Gasteiger partial charge in [0.2, 0.25) is 0 Å². The maximum atomic E-state index is 12.0. The molecule has 0 radical (unpaired) electrons. The topological polar surface area (TPSA) is 59.0 Å². The SMILES string of the molecule is CN(C(=O)c1ccncn1)c1cccnc1. The molecule has 5 nitrogen and oxygen atoms in total. The van der Waals surface area contributed by atoms with E-state index in [-0.39, 0.29) is 5.91 Å². The first-order chi connectivity index (χ1) is 7.79. The van der Waals surface area contributed by atoms with Crippen LogP contribution in [0.4, 0.5) is 5.69 Å². The minimum absolute atomic E-state index is 0.185. The lowest BCUT2D eigenvalue weighted by molar-refractivity contribution is 0.0988. The highest BCUT2D eigenvalue weighted by Crippen LogP contribution is 2.11. The summed E-state index contributed by atoms with van der Waals surface area (Å²) in [7, 11) is 1.68. The quantitative estimate of drug-likeness (QED) is 0.752. The third kappa shape index (κ3) is 2.03. The third-order valence-electron chi connectivity index (χ3n) is 2.14. The largest absolute Gasteiger partial charge is 0.309 e. The lowest BCUT2D eigenvalue weighted by Crippen LogP contribution is -2.27. The van der Waals surface area contributed by atoms with E-state index in [1.54, 1.807) is 31.6 Å². The normalized spacial score (nSPS) is 9.81. The van der Waals surface area contributed by atoms with E-state index in [1.807, 2.05) is 6.07 Å². The Morgan fingerprint density at radius 2 is 2.12 bits per heavy atom. The van der Waals surface area contributed by atoms with Gasteiger partial charge in [0.15, 0.2) is 0 Å². The first-order valence-corrected chi connectivity index (χ1v) is 4.73. The number of hydrogen-bond donors (Lipinski definition) is 0. The van der Waals surface area contributed by atoms with Crippen LogP contribution in [-0.4, -0.2) is 27.9 Å². The standard InChI is InChI=1S/C11H10N4O/c1-15(9-3-2-5-12-7-9)11(16)10-4-6-13-8-14-10/h2-8H,1H3. The number of carbonyl (C=O) groups is 1. The number of rotatable bonds is 2. The average molecular weight is 214 g/mol. The fourth-order valence-electron chi connectivity index (χ4n) is 1.26. The van der Waals surface area contributed by atoms with Gasteiger partial charge in [0.05, 0.1) is 11.9 Å². The first kappa shape index (κ1) is 10.2. The number of hydrogen-bond acceptors (Lipinski definition) is 4. The van der Waals surface area contributed by atoms with Crippen molar-refractivity contribution in [3.8, 4) is 0 Å². The maximum Gasteiger partial charge on any atom is 0.276 e. The molecule has 0 saturated heterocycles. The molecular weight excluding hydrogens is 204 g/mol. The van der Waals surface area contributed by atoms with Crippen LogP contribution in [0.3, 0.4) is 0 Å². The molecule has 2 heterocycles. The minimum Gasteiger partial charge on any atom is -0.309 e. The predicted molar refractivity (Wildman–Crippen MR) is 59.0 cm³/mol. The fourth-order valence-corrected chi connectivity index (χ4v) is 1.26. The Bertz CT molecular complexity index is 472. The van der Waals surface area contributed by atoms with E-state index in [2.05, 4.69) is 15.0 Å². The summed E-state index contributed by atoms with van der Waals surface area (Å²) in [4.78, 5) is 25.1. The van der Waals surface area contributed by atoms with E-state index in [9.17, 15) is 4.79 Å². The van der Waals surface area contributed by atoms with Gasteiger partial charge in [-0.1, -0.05) is 0 Å². The molecule has 0 N–H and O–H groups in total. The molecule has 0 atom stereocenters. The van der Waals surface area contributed by atoms with Crippen molar-refractivity contribution in [2.24, 2.45) is 0 Å². The molecular formula is C11H10N4O. The monoisotopic (exact) mass is 214 g/mol. The second-order valence-electron chi connectivity index (χ2n) is 3.17. The Labute approximate surface area is 92.8 Å². The van der Waals surface area contributed by atoms with Crippen molar-refractivity contribution in [2.75, 3.05) is 11.9 Å². The summed E-state index contributed by atoms with van der Waals surface area (Å²) in [5.41, 5.74) is 1.09. The van der Waals surface area contributed by atoms with E-state index in [0.717, 1.165) is 5.69 Å². The van der Waals surface area contributed by atoms with Crippen LogP contribution in [0.1, 0.15) is 10.5 Å². The molecule has 16 heavy (non-hydrogen) atoms. The number of pyridine rings is 1. The summed E-state index contributed by atoms with van der Waals surface area (Å²) in [6, 6.07) is 5.17. The molecule has 0 aliphatic carbocycles. The van der Waals surface area contributed by atoms with E-state index in [0.29, 0.717) is 5.69 Å². The average Bonchev–Trinajstić information content (AvgIpc) is 2.39. The van der Waals surface area contributed by atoms with Gasteiger partial charge in [-0.25, -0.2) is 9.97 Å². The summed E-state index contributed by atoms with van der Waals surface area (Å²) >= 11 is 0. The van der Waals surface area contributed by atoms with Crippen LogP contribution in [0.5, 0.6) is 0 Å². The lowest BCUT2D eigenvalue weighted by atomic mass is 10.3. The Morgan fingerprint density at radius 1 is 1.25 bits per heavy atom. The molecule has 1 amide bonds. The molecule has 0 aliphatic rings. The summed E-state index contributed by atoms with van der Waals surface area (Å²) in [6.07, 6.45) is 6.17. The summed E-state index contributed by atoms with van der Waals surface area (Å²) in [5, 5.41) is 0. The van der Waals surface area contributed by atoms with Crippen molar-refractivity contribution in [1.29, 1.82) is 0 Å². The van der Waals surface area contributed by atoms with Crippen molar-refractivity contribution >= 4 is 11.6 Å². The third-order valence-corrected chi connectivity index (χ3v) is 2.14. The van der Waals surface area contributed by atoms with E-state index in [4.69, 9.17) is 0 Å². The van der Waals surface area contributed by atoms with Crippen LogP contribution >= 0.6 is 0 Å². The molecule has 0 aromatic carbocycles. The van der Waals surface area contributed by atoms with Crippen molar-refractivity contribution in [1.82, 2.24) is 15.0 Å². The zero-order chi connectivity index (χ0) is 11.4. The molecule has 0 fully saturated rings. The highest BCUT2D eigenvalue weighted by atomic mass is 16.2. The zero-order valence-electron chi connectivity index (χ0n) is 8.74. The Hall–Kier alpha value is -2.30. The maximum absolute atomic E-state index is 12.0. The Kier molecular flexibility index (Phi) is 2.86. The van der Waals surface area contributed by atoms with Gasteiger partial charge in [-0.05, 0) is 18.2 Å². The number of nitrogens with zero attached hydrogens (tertiary/aromatic N) is 4. The Morgan fingerprint density at radius 3 is 2.75 bits per heavy atom. The van der Waals surface area contributed by atoms with E-state index < -0.39 is 0 Å². The number of carbonyl (C=O) groups excluding carboxylic acids is 1. The highest BCUT2D eigenvalue weighted by molar-refractivity contribution is 6.04. The van der Waals surface area contributed by atoms with Crippen molar-refractivity contribution in [3.63, 3.8) is 0 Å². The van der Waals surface area contributed by atoms with Gasteiger partial charge in [-0.15, -0.1) is 0 Å². The number of anilines is 1. The summed E-state index contributed by atoms with van der Waals surface area (Å²) in [5.74, 6) is -0.185.